The van der Waals surface area contributed by atoms with Crippen molar-refractivity contribution in [1.29, 1.82) is 0 Å². The van der Waals surface area contributed by atoms with Crippen molar-refractivity contribution in [3.8, 4) is 0 Å². The molecule has 1 rings (SSSR count). The van der Waals surface area contributed by atoms with Crippen molar-refractivity contribution < 1.29 is 21.5 Å². The first-order valence-corrected chi connectivity index (χ1v) is 5.58. The van der Waals surface area contributed by atoms with Gasteiger partial charge in [0.05, 0.1) is 21.1 Å². The van der Waals surface area contributed by atoms with Gasteiger partial charge in [-0.15, -0.1) is 0 Å². The normalized spacial score (nSPS) is 12.1. The van der Waals surface area contributed by atoms with Crippen molar-refractivity contribution in [2.24, 2.45) is 0 Å². The predicted molar refractivity (Wildman–Crippen MR) is 66.9 cm³/mol. The van der Waals surface area contributed by atoms with E-state index in [4.69, 9.17) is 0 Å². The van der Waals surface area contributed by atoms with E-state index < -0.39 is 0 Å². The molecule has 1 aromatic rings. The van der Waals surface area contributed by atoms with Gasteiger partial charge in [-0.2, -0.15) is 0 Å². The van der Waals surface area contributed by atoms with Gasteiger partial charge in [0.25, 0.3) is 0 Å². The van der Waals surface area contributed by atoms with E-state index >= 15 is 0 Å². The van der Waals surface area contributed by atoms with Gasteiger partial charge in [0, 0.05) is 5.56 Å². The Morgan fingerprint density at radius 3 is 1.69 bits per heavy atom. The van der Waals surface area contributed by atoms with Crippen LogP contribution in [0.3, 0.4) is 0 Å². The van der Waals surface area contributed by atoms with Crippen molar-refractivity contribution >= 4 is 0 Å². The fourth-order valence-electron chi connectivity index (χ4n) is 1.66. The molecule has 0 aliphatic rings. The third-order valence-electron chi connectivity index (χ3n) is 2.48. The topological polar surface area (TPSA) is 0 Å². The van der Waals surface area contributed by atoms with Gasteiger partial charge < -0.3 is 21.5 Å². The smallest absolute Gasteiger partial charge is 0.104 e. The van der Waals surface area contributed by atoms with E-state index in [0.29, 0.717) is 0 Å². The molecule has 0 aromatic heterocycles. The number of halogens is 1. The molecule has 16 heavy (non-hydrogen) atoms. The molecule has 0 heterocycles. The maximum absolute atomic E-state index is 2.25. The van der Waals surface area contributed by atoms with Gasteiger partial charge >= 0.3 is 0 Å². The second-order valence-corrected chi connectivity index (χ2v) is 6.40. The van der Waals surface area contributed by atoms with E-state index in [2.05, 4.69) is 66.2 Å². The lowest BCUT2D eigenvalue weighted by atomic mass is 9.87. The number of hydrogen-bond acceptors (Lipinski definition) is 0. The van der Waals surface area contributed by atoms with E-state index in [1.165, 1.54) is 11.1 Å². The van der Waals surface area contributed by atoms with E-state index in [0.717, 1.165) is 11.0 Å². The molecular weight excluding hydrogens is 262 g/mol. The molecule has 0 aliphatic heterocycles. The zero-order valence-corrected chi connectivity index (χ0v) is 12.9. The van der Waals surface area contributed by atoms with Crippen molar-refractivity contribution in [2.45, 2.75) is 32.7 Å². The van der Waals surface area contributed by atoms with Gasteiger partial charge in [0.15, 0.2) is 0 Å². The van der Waals surface area contributed by atoms with Gasteiger partial charge in [0.2, 0.25) is 0 Å². The lowest BCUT2D eigenvalue weighted by Gasteiger charge is -2.24. The van der Waals surface area contributed by atoms with Crippen LogP contribution in [-0.2, 0) is 12.0 Å². The molecule has 0 aliphatic carbocycles. The first kappa shape index (κ1) is 15.7. The minimum atomic E-state index is 0. The van der Waals surface area contributed by atoms with E-state index in [9.17, 15) is 0 Å². The maximum Gasteiger partial charge on any atom is 0.104 e. The summed E-state index contributed by atoms with van der Waals surface area (Å²) < 4.78 is 0.981. The zero-order chi connectivity index (χ0) is 11.7. The third-order valence-corrected chi connectivity index (χ3v) is 2.48. The summed E-state index contributed by atoms with van der Waals surface area (Å²) in [6.45, 7) is 7.84. The zero-order valence-electron chi connectivity index (χ0n) is 11.3. The second-order valence-electron chi connectivity index (χ2n) is 6.40. The standard InChI is InChI=1S/C14H24N.BrH/c1-14(2,3)13-9-7-12(8-10-13)11-15(4,5)6;/h7-10H,11H2,1-6H3;1H/q+1;/p-1. The monoisotopic (exact) mass is 285 g/mol. The number of benzene rings is 1. The summed E-state index contributed by atoms with van der Waals surface area (Å²) in [5.41, 5.74) is 3.08. The quantitative estimate of drug-likeness (QED) is 0.681. The van der Waals surface area contributed by atoms with Crippen LogP contribution in [0.15, 0.2) is 24.3 Å². The van der Waals surface area contributed by atoms with Crippen LogP contribution in [0.4, 0.5) is 0 Å². The largest absolute Gasteiger partial charge is 1.00 e. The van der Waals surface area contributed by atoms with Gasteiger partial charge in [-0.05, 0) is 11.0 Å². The fourth-order valence-corrected chi connectivity index (χ4v) is 1.66. The Balaban J connectivity index is 0.00000225. The second kappa shape index (κ2) is 5.33. The molecule has 0 bridgehead atoms. The highest BCUT2D eigenvalue weighted by atomic mass is 79.9. The molecule has 1 nitrogen and oxygen atoms in total. The van der Waals surface area contributed by atoms with Crippen LogP contribution >= 0.6 is 0 Å². The van der Waals surface area contributed by atoms with Crippen LogP contribution in [0.5, 0.6) is 0 Å². The Bertz CT molecular complexity index is 314. The molecule has 0 unspecified atom stereocenters. The summed E-state index contributed by atoms with van der Waals surface area (Å²) >= 11 is 0. The highest BCUT2D eigenvalue weighted by molar-refractivity contribution is 5.27. The van der Waals surface area contributed by atoms with Crippen molar-refractivity contribution in [3.63, 3.8) is 0 Å². The Labute approximate surface area is 111 Å². The molecule has 2 heteroatoms. The Morgan fingerprint density at radius 2 is 1.38 bits per heavy atom. The van der Waals surface area contributed by atoms with Crippen molar-refractivity contribution in [3.05, 3.63) is 35.4 Å². The molecule has 92 valence electrons. The lowest BCUT2D eigenvalue weighted by Crippen LogP contribution is -3.00. The first-order chi connectivity index (χ1) is 6.68. The number of nitrogens with zero attached hydrogens (tertiary/aromatic N) is 1. The van der Waals surface area contributed by atoms with Crippen LogP contribution in [0.1, 0.15) is 31.9 Å². The van der Waals surface area contributed by atoms with Gasteiger partial charge in [-0.25, -0.2) is 0 Å². The average molecular weight is 286 g/mol. The minimum absolute atomic E-state index is 0. The number of hydrogen-bond donors (Lipinski definition) is 0. The van der Waals surface area contributed by atoms with Crippen LogP contribution in [-0.4, -0.2) is 25.6 Å². The van der Waals surface area contributed by atoms with Gasteiger partial charge in [0.1, 0.15) is 6.54 Å². The molecule has 1 aromatic carbocycles. The first-order valence-electron chi connectivity index (χ1n) is 5.58. The summed E-state index contributed by atoms with van der Waals surface area (Å²) in [6, 6.07) is 9.02. The molecule has 0 saturated carbocycles. The summed E-state index contributed by atoms with van der Waals surface area (Å²) in [5.74, 6) is 0. The maximum atomic E-state index is 2.25. The Kier molecular flexibility index (Phi) is 5.21. The molecule has 0 atom stereocenters. The molecule has 0 spiro atoms. The molecule has 0 radical (unpaired) electrons. The summed E-state index contributed by atoms with van der Waals surface area (Å²) in [7, 11) is 6.66. The fraction of sp³-hybridized carbons (Fsp3) is 0.571. The molecular formula is C14H24BrN. The van der Waals surface area contributed by atoms with Gasteiger partial charge in [-0.1, -0.05) is 45.0 Å². The SMILES string of the molecule is CC(C)(C)c1ccc(C[N+](C)(C)C)cc1.[Br-]. The third kappa shape index (κ3) is 5.13. The minimum Gasteiger partial charge on any atom is -1.00 e. The van der Waals surface area contributed by atoms with E-state index in [1.54, 1.807) is 0 Å². The van der Waals surface area contributed by atoms with Crippen LogP contribution in [0.2, 0.25) is 0 Å². The Hall–Kier alpha value is -0.340. The van der Waals surface area contributed by atoms with Crippen molar-refractivity contribution in [2.75, 3.05) is 21.1 Å². The average Bonchev–Trinajstić information content (AvgIpc) is 2.00. The number of rotatable bonds is 2. The summed E-state index contributed by atoms with van der Waals surface area (Å²) in [4.78, 5) is 0. The highest BCUT2D eigenvalue weighted by Crippen LogP contribution is 2.22. The lowest BCUT2D eigenvalue weighted by molar-refractivity contribution is -0.884. The van der Waals surface area contributed by atoms with Crippen molar-refractivity contribution in [1.82, 2.24) is 0 Å². The highest BCUT2D eigenvalue weighted by Gasteiger charge is 2.14. The number of quaternary nitrogens is 1. The Morgan fingerprint density at radius 1 is 0.938 bits per heavy atom. The van der Waals surface area contributed by atoms with Gasteiger partial charge in [-0.3, -0.25) is 0 Å². The summed E-state index contributed by atoms with van der Waals surface area (Å²) in [5, 5.41) is 0. The van der Waals surface area contributed by atoms with E-state index in [-0.39, 0.29) is 22.4 Å². The van der Waals surface area contributed by atoms with Crippen LogP contribution in [0.25, 0.3) is 0 Å². The molecule has 0 fully saturated rings. The molecule has 0 saturated heterocycles. The molecule has 0 N–H and O–H groups in total. The van der Waals surface area contributed by atoms with E-state index in [1.807, 2.05) is 0 Å². The molecule has 0 amide bonds. The van der Waals surface area contributed by atoms with Crippen LogP contribution in [0, 0.1) is 0 Å². The van der Waals surface area contributed by atoms with Crippen LogP contribution < -0.4 is 17.0 Å². The summed E-state index contributed by atoms with van der Waals surface area (Å²) in [6.07, 6.45) is 0. The predicted octanol–water partition coefficient (Wildman–Crippen LogP) is 0.194.